The molecule has 1 aliphatic heterocycles. The Morgan fingerprint density at radius 3 is 2.52 bits per heavy atom. The Bertz CT molecular complexity index is 1180. The average molecular weight is 413 g/mol. The molecule has 1 atom stereocenters. The first-order chi connectivity index (χ1) is 13.4. The van der Waals surface area contributed by atoms with E-state index in [4.69, 9.17) is 0 Å². The van der Waals surface area contributed by atoms with Gasteiger partial charge in [-0.25, -0.2) is 4.79 Å². The van der Waals surface area contributed by atoms with E-state index in [2.05, 4.69) is 0 Å². The van der Waals surface area contributed by atoms with Crippen molar-refractivity contribution in [3.8, 4) is 0 Å². The van der Waals surface area contributed by atoms with E-state index in [1.165, 1.54) is 5.32 Å². The number of aromatic amines is 1. The van der Waals surface area contributed by atoms with Crippen LogP contribution in [0.4, 0.5) is 24.7 Å². The summed E-state index contributed by atoms with van der Waals surface area (Å²) in [6, 6.07) is 3.77. The number of rotatable bonds is 3. The summed E-state index contributed by atoms with van der Waals surface area (Å²) in [7, 11) is 1.01. The minimum absolute atomic E-state index is 0.551. The van der Waals surface area contributed by atoms with Gasteiger partial charge in [-0.3, -0.25) is 34.0 Å². The predicted octanol–water partition coefficient (Wildman–Crippen LogP) is 0.121. The minimum atomic E-state index is -5.50. The average Bonchev–Trinajstić information content (AvgIpc) is 2.93. The number of benzene rings is 1. The second-order valence-corrected chi connectivity index (χ2v) is 6.01. The number of nitro benzene ring substituents is 1. The molecule has 0 saturated carbocycles. The van der Waals surface area contributed by atoms with E-state index in [-0.39, 0.29) is 0 Å². The van der Waals surface area contributed by atoms with E-state index in [9.17, 15) is 42.5 Å². The van der Waals surface area contributed by atoms with Crippen molar-refractivity contribution in [1.29, 1.82) is 0 Å². The van der Waals surface area contributed by atoms with Gasteiger partial charge in [0.1, 0.15) is 11.4 Å². The van der Waals surface area contributed by atoms with Crippen molar-refractivity contribution < 1.29 is 27.7 Å². The van der Waals surface area contributed by atoms with Crippen LogP contribution in [0.5, 0.6) is 0 Å². The fourth-order valence-corrected chi connectivity index (χ4v) is 2.89. The number of anilines is 1. The number of halogens is 3. The number of fused-ring (bicyclic) bond motifs is 1. The number of nitrogens with one attached hydrogen (secondary N) is 3. The van der Waals surface area contributed by atoms with Gasteiger partial charge in [0, 0.05) is 24.7 Å². The van der Waals surface area contributed by atoms with Crippen molar-refractivity contribution in [2.24, 2.45) is 7.05 Å². The molecule has 0 spiro atoms. The van der Waals surface area contributed by atoms with Crippen molar-refractivity contribution in [3.63, 3.8) is 0 Å². The third-order valence-electron chi connectivity index (χ3n) is 4.32. The molecule has 0 saturated heterocycles. The minimum Gasteiger partial charge on any atom is -0.326 e. The molecule has 14 heteroatoms. The lowest BCUT2D eigenvalue weighted by Gasteiger charge is -2.30. The molecule has 2 aromatic rings. The number of H-pyrrole nitrogens is 1. The summed E-state index contributed by atoms with van der Waals surface area (Å²) in [4.78, 5) is 60.2. The molecular weight excluding hydrogens is 403 g/mol. The summed E-state index contributed by atoms with van der Waals surface area (Å²) in [6.07, 6.45) is -5.50. The molecule has 11 nitrogen and oxygen atoms in total. The van der Waals surface area contributed by atoms with Crippen molar-refractivity contribution in [3.05, 3.63) is 66.3 Å². The van der Waals surface area contributed by atoms with Crippen LogP contribution in [0, 0.1) is 10.1 Å². The zero-order valence-corrected chi connectivity index (χ0v) is 14.3. The van der Waals surface area contributed by atoms with Gasteiger partial charge in [0.2, 0.25) is 0 Å². The molecule has 3 N–H and O–H groups in total. The number of carbonyl (C=O) groups excluding carboxylic acids is 2. The topological polar surface area (TPSA) is 156 Å². The van der Waals surface area contributed by atoms with Crippen molar-refractivity contribution >= 4 is 23.3 Å². The Morgan fingerprint density at radius 1 is 1.28 bits per heavy atom. The highest BCUT2D eigenvalue weighted by Crippen LogP contribution is 2.44. The van der Waals surface area contributed by atoms with Gasteiger partial charge in [-0.15, -0.1) is 0 Å². The molecule has 0 unspecified atom stereocenters. The van der Waals surface area contributed by atoms with Crippen LogP contribution >= 0.6 is 0 Å². The number of aromatic nitrogens is 2. The Balaban J connectivity index is 2.21. The summed E-state index contributed by atoms with van der Waals surface area (Å²) >= 11 is 0. The first-order valence-electron chi connectivity index (χ1n) is 7.69. The monoisotopic (exact) mass is 413 g/mol. The standard InChI is InChI=1S/C15H10F3N5O6/c1-22-9-8(11(25)20-13(22)27)14(12(26)19-9,15(16,17)18)21-10(24)6-3-2-4-7(5-6)23(28)29/h2-5H,1H3,(H,19,26)(H,21,24)(H,20,25,27)/t14-/m1/s1. The molecule has 29 heavy (non-hydrogen) atoms. The lowest BCUT2D eigenvalue weighted by molar-refractivity contribution is -0.384. The zero-order chi connectivity index (χ0) is 21.7. The van der Waals surface area contributed by atoms with Gasteiger partial charge in [-0.2, -0.15) is 13.2 Å². The molecule has 0 bridgehead atoms. The lowest BCUT2D eigenvalue weighted by atomic mass is 9.91. The number of alkyl halides is 3. The van der Waals surface area contributed by atoms with Crippen LogP contribution in [0.25, 0.3) is 0 Å². The van der Waals surface area contributed by atoms with Gasteiger partial charge in [0.15, 0.2) is 0 Å². The van der Waals surface area contributed by atoms with Gasteiger partial charge in [0.25, 0.3) is 28.6 Å². The maximum atomic E-state index is 14.0. The molecule has 3 rings (SSSR count). The van der Waals surface area contributed by atoms with E-state index in [0.717, 1.165) is 25.2 Å². The lowest BCUT2D eigenvalue weighted by Crippen LogP contribution is -2.62. The molecule has 152 valence electrons. The number of carbonyl (C=O) groups is 2. The van der Waals surface area contributed by atoms with Crippen LogP contribution in [-0.4, -0.2) is 32.5 Å². The molecular formula is C15H10F3N5O6. The van der Waals surface area contributed by atoms with E-state index in [1.807, 2.05) is 0 Å². The zero-order valence-electron chi connectivity index (χ0n) is 14.3. The number of amides is 2. The second kappa shape index (κ2) is 6.29. The normalized spacial score (nSPS) is 18.1. The molecule has 0 fully saturated rings. The van der Waals surface area contributed by atoms with Crippen LogP contribution in [-0.2, 0) is 17.4 Å². The summed E-state index contributed by atoms with van der Waals surface area (Å²) in [5, 5.41) is 14.1. The van der Waals surface area contributed by atoms with Gasteiger partial charge >= 0.3 is 11.9 Å². The Morgan fingerprint density at radius 2 is 1.93 bits per heavy atom. The number of hydrogen-bond acceptors (Lipinski definition) is 6. The summed E-state index contributed by atoms with van der Waals surface area (Å²) < 4.78 is 42.6. The Labute approximate surface area is 157 Å². The smallest absolute Gasteiger partial charge is 0.326 e. The Kier molecular flexibility index (Phi) is 4.29. The van der Waals surface area contributed by atoms with Crippen LogP contribution in [0.3, 0.4) is 0 Å². The molecule has 0 radical (unpaired) electrons. The van der Waals surface area contributed by atoms with Gasteiger partial charge in [-0.1, -0.05) is 6.07 Å². The maximum Gasteiger partial charge on any atom is 0.425 e. The number of nitrogens with zero attached hydrogens (tertiary/aromatic N) is 2. The molecule has 1 aromatic carbocycles. The number of hydrogen-bond donors (Lipinski definition) is 3. The highest BCUT2D eigenvalue weighted by Gasteiger charge is 2.68. The van der Waals surface area contributed by atoms with Crippen LogP contribution in [0.15, 0.2) is 33.9 Å². The van der Waals surface area contributed by atoms with E-state index in [0.29, 0.717) is 10.6 Å². The SMILES string of the molecule is Cn1c2c(c(=O)[nH]c1=O)[C@](NC(=O)c1cccc([N+](=O)[O-])c1)(C(F)(F)F)C(=O)N2. The molecule has 2 amide bonds. The van der Waals surface area contributed by atoms with Crippen LogP contribution in [0.1, 0.15) is 15.9 Å². The largest absolute Gasteiger partial charge is 0.425 e. The fourth-order valence-electron chi connectivity index (χ4n) is 2.89. The molecule has 2 heterocycles. The van der Waals surface area contributed by atoms with Crippen LogP contribution < -0.4 is 21.9 Å². The number of nitro groups is 1. The van der Waals surface area contributed by atoms with Crippen LogP contribution in [0.2, 0.25) is 0 Å². The van der Waals surface area contributed by atoms with Gasteiger partial charge < -0.3 is 10.6 Å². The summed E-state index contributed by atoms with van der Waals surface area (Å²) in [5.41, 5.74) is -8.78. The molecule has 1 aliphatic rings. The van der Waals surface area contributed by atoms with Gasteiger partial charge in [-0.05, 0) is 6.07 Å². The predicted molar refractivity (Wildman–Crippen MR) is 89.2 cm³/mol. The third-order valence-corrected chi connectivity index (χ3v) is 4.32. The maximum absolute atomic E-state index is 14.0. The summed E-state index contributed by atoms with van der Waals surface area (Å²) in [5.74, 6) is -4.05. The molecule has 1 aromatic heterocycles. The second-order valence-electron chi connectivity index (χ2n) is 6.01. The van der Waals surface area contributed by atoms with E-state index in [1.54, 1.807) is 10.3 Å². The molecule has 0 aliphatic carbocycles. The fraction of sp³-hybridized carbons (Fsp3) is 0.200. The first kappa shape index (κ1) is 19.8. The third kappa shape index (κ3) is 2.84. The van der Waals surface area contributed by atoms with E-state index < -0.39 is 62.3 Å². The number of non-ortho nitro benzene ring substituents is 1. The van der Waals surface area contributed by atoms with E-state index >= 15 is 0 Å². The first-order valence-corrected chi connectivity index (χ1v) is 7.69. The highest BCUT2D eigenvalue weighted by molar-refractivity contribution is 6.09. The van der Waals surface area contributed by atoms with Gasteiger partial charge in [0.05, 0.1) is 4.92 Å². The quantitative estimate of drug-likeness (QED) is 0.479. The highest BCUT2D eigenvalue weighted by atomic mass is 19.4. The summed E-state index contributed by atoms with van der Waals surface area (Å²) in [6.45, 7) is 0. The van der Waals surface area contributed by atoms with Crippen molar-refractivity contribution in [1.82, 2.24) is 14.9 Å². The Hall–Kier alpha value is -3.97. The van der Waals surface area contributed by atoms with Crippen molar-refractivity contribution in [2.45, 2.75) is 11.7 Å². The van der Waals surface area contributed by atoms with Crippen molar-refractivity contribution in [2.75, 3.05) is 5.32 Å².